The number of amides is 3. The van der Waals surface area contributed by atoms with E-state index in [1.165, 1.54) is 0 Å². The molecule has 2 rings (SSSR count). The van der Waals surface area contributed by atoms with Gasteiger partial charge in [0.2, 0.25) is 17.7 Å². The molecular weight excluding hydrogens is 370 g/mol. The van der Waals surface area contributed by atoms with Crippen LogP contribution in [0.1, 0.15) is 58.8 Å². The molecule has 158 valence electrons. The summed E-state index contributed by atoms with van der Waals surface area (Å²) in [6.45, 7) is 4.53. The summed E-state index contributed by atoms with van der Waals surface area (Å²) in [6.07, 6.45) is 4.10. The number of nitrogens with zero attached hydrogens (tertiary/aromatic N) is 2. The minimum Gasteiger partial charge on any atom is -0.356 e. The van der Waals surface area contributed by atoms with Crippen LogP contribution >= 0.6 is 0 Å². The number of carbonyl (C=O) groups is 3. The Kier molecular flexibility index (Phi) is 8.45. The first-order valence-corrected chi connectivity index (χ1v) is 10.5. The number of hydrogen-bond acceptors (Lipinski definition) is 5. The van der Waals surface area contributed by atoms with Gasteiger partial charge in [0.15, 0.2) is 0 Å². The first kappa shape index (κ1) is 22.7. The number of carbonyl (C=O) groups excluding carboxylic acids is 3. The zero-order chi connectivity index (χ0) is 21.4. The Morgan fingerprint density at radius 2 is 1.83 bits per heavy atom. The summed E-state index contributed by atoms with van der Waals surface area (Å²) in [5, 5.41) is 26.7. The fraction of sp³-hybridized carbons (Fsp3) is 0.762. The molecule has 3 N–H and O–H groups in total. The van der Waals surface area contributed by atoms with Crippen LogP contribution in [0.3, 0.4) is 0 Å². The fourth-order valence-electron chi connectivity index (χ4n) is 4.05. The van der Waals surface area contributed by atoms with Gasteiger partial charge in [0.1, 0.15) is 12.1 Å². The number of rotatable bonds is 8. The third-order valence-corrected chi connectivity index (χ3v) is 5.78. The standard InChI is InChI=1S/C21H31N5O3/c1-13(2)9-18(26-20(28)15-5-3-14(11-22)4-6-15)21(29)25-17(12-23)10-16-7-8-24-19(16)27/h13-18H,3-10H2,1-2H3,(H,24,27)(H,25,29)(H,26,28)/t14?,15?,16-,17-,18-/m0/s1. The van der Waals surface area contributed by atoms with Crippen molar-refractivity contribution in [3.8, 4) is 12.1 Å². The molecule has 1 heterocycles. The Balaban J connectivity index is 1.94. The summed E-state index contributed by atoms with van der Waals surface area (Å²) in [7, 11) is 0. The SMILES string of the molecule is CC(C)C[C@H](NC(=O)C1CCC(C#N)CC1)C(=O)N[C@H](C#N)C[C@@H]1CCNC1=O. The highest BCUT2D eigenvalue weighted by Gasteiger charge is 2.32. The predicted molar refractivity (Wildman–Crippen MR) is 106 cm³/mol. The zero-order valence-corrected chi connectivity index (χ0v) is 17.2. The fourth-order valence-corrected chi connectivity index (χ4v) is 4.05. The largest absolute Gasteiger partial charge is 0.356 e. The molecule has 3 amide bonds. The van der Waals surface area contributed by atoms with Gasteiger partial charge in [-0.1, -0.05) is 13.8 Å². The van der Waals surface area contributed by atoms with Gasteiger partial charge in [-0.2, -0.15) is 10.5 Å². The number of hydrogen-bond donors (Lipinski definition) is 3. The van der Waals surface area contributed by atoms with Gasteiger partial charge >= 0.3 is 0 Å². The average molecular weight is 402 g/mol. The van der Waals surface area contributed by atoms with Crippen LogP contribution in [-0.4, -0.2) is 36.3 Å². The third-order valence-electron chi connectivity index (χ3n) is 5.78. The van der Waals surface area contributed by atoms with Gasteiger partial charge in [-0.25, -0.2) is 0 Å². The van der Waals surface area contributed by atoms with Crippen LogP contribution in [0.15, 0.2) is 0 Å². The molecule has 2 fully saturated rings. The van der Waals surface area contributed by atoms with E-state index in [0.29, 0.717) is 45.1 Å². The summed E-state index contributed by atoms with van der Waals surface area (Å²) < 4.78 is 0. The minimum atomic E-state index is -0.769. The Hall–Kier alpha value is -2.61. The zero-order valence-electron chi connectivity index (χ0n) is 17.2. The van der Waals surface area contributed by atoms with Crippen LogP contribution < -0.4 is 16.0 Å². The van der Waals surface area contributed by atoms with Crippen molar-refractivity contribution in [2.24, 2.45) is 23.7 Å². The lowest BCUT2D eigenvalue weighted by Crippen LogP contribution is -2.51. The van der Waals surface area contributed by atoms with Gasteiger partial charge in [-0.05, 0) is 50.9 Å². The molecule has 0 aromatic heterocycles. The van der Waals surface area contributed by atoms with Gasteiger partial charge in [0.05, 0.1) is 12.1 Å². The molecule has 0 radical (unpaired) electrons. The average Bonchev–Trinajstić information content (AvgIpc) is 3.10. The smallest absolute Gasteiger partial charge is 0.243 e. The van der Waals surface area contributed by atoms with Crippen molar-refractivity contribution in [3.05, 3.63) is 0 Å². The second-order valence-corrected chi connectivity index (χ2v) is 8.57. The van der Waals surface area contributed by atoms with Crippen molar-refractivity contribution < 1.29 is 14.4 Å². The number of nitrogens with one attached hydrogen (secondary N) is 3. The molecular formula is C21H31N5O3. The topological polar surface area (TPSA) is 135 Å². The lowest BCUT2D eigenvalue weighted by molar-refractivity contribution is -0.132. The van der Waals surface area contributed by atoms with Crippen LogP contribution in [0, 0.1) is 46.3 Å². The van der Waals surface area contributed by atoms with Gasteiger partial charge in [0.25, 0.3) is 0 Å². The van der Waals surface area contributed by atoms with Crippen molar-refractivity contribution in [2.45, 2.75) is 70.9 Å². The maximum atomic E-state index is 12.8. The molecule has 0 unspecified atom stereocenters. The van der Waals surface area contributed by atoms with E-state index in [0.717, 1.165) is 0 Å². The van der Waals surface area contributed by atoms with Gasteiger partial charge in [-0.15, -0.1) is 0 Å². The summed E-state index contributed by atoms with van der Waals surface area (Å²) >= 11 is 0. The molecule has 0 spiro atoms. The third kappa shape index (κ3) is 6.74. The second-order valence-electron chi connectivity index (χ2n) is 8.57. The van der Waals surface area contributed by atoms with E-state index in [1.54, 1.807) is 0 Å². The van der Waals surface area contributed by atoms with Gasteiger partial charge in [0, 0.05) is 24.3 Å². The van der Waals surface area contributed by atoms with E-state index in [1.807, 2.05) is 13.8 Å². The van der Waals surface area contributed by atoms with Crippen molar-refractivity contribution in [2.75, 3.05) is 6.54 Å². The molecule has 2 aliphatic rings. The van der Waals surface area contributed by atoms with Crippen LogP contribution in [0.2, 0.25) is 0 Å². The van der Waals surface area contributed by atoms with Crippen LogP contribution in [0.5, 0.6) is 0 Å². The first-order chi connectivity index (χ1) is 13.8. The predicted octanol–water partition coefficient (Wildman–Crippen LogP) is 1.38. The Bertz CT molecular complexity index is 685. The molecule has 1 aliphatic carbocycles. The van der Waals surface area contributed by atoms with Crippen molar-refractivity contribution >= 4 is 17.7 Å². The van der Waals surface area contributed by atoms with Gasteiger partial charge < -0.3 is 16.0 Å². The normalized spacial score (nSPS) is 26.0. The lowest BCUT2D eigenvalue weighted by atomic mass is 9.82. The molecule has 1 saturated carbocycles. The molecule has 3 atom stereocenters. The maximum absolute atomic E-state index is 12.8. The van der Waals surface area contributed by atoms with Crippen LogP contribution in [-0.2, 0) is 14.4 Å². The molecule has 0 bridgehead atoms. The van der Waals surface area contributed by atoms with Gasteiger partial charge in [-0.3, -0.25) is 14.4 Å². The summed E-state index contributed by atoms with van der Waals surface area (Å²) in [6, 6.07) is 2.83. The lowest BCUT2D eigenvalue weighted by Gasteiger charge is -2.27. The Morgan fingerprint density at radius 3 is 2.34 bits per heavy atom. The summed E-state index contributed by atoms with van der Waals surface area (Å²) in [5.41, 5.74) is 0. The van der Waals surface area contributed by atoms with Crippen molar-refractivity contribution in [1.29, 1.82) is 10.5 Å². The molecule has 1 saturated heterocycles. The highest BCUT2D eigenvalue weighted by molar-refractivity contribution is 5.89. The van der Waals surface area contributed by atoms with E-state index in [2.05, 4.69) is 28.1 Å². The summed E-state index contributed by atoms with van der Waals surface area (Å²) in [4.78, 5) is 37.2. The molecule has 0 aromatic rings. The molecule has 0 aromatic carbocycles. The quantitative estimate of drug-likeness (QED) is 0.565. The van der Waals surface area contributed by atoms with Crippen molar-refractivity contribution in [3.63, 3.8) is 0 Å². The molecule has 8 heteroatoms. The summed E-state index contributed by atoms with van der Waals surface area (Å²) in [5.74, 6) is -0.892. The highest BCUT2D eigenvalue weighted by Crippen LogP contribution is 2.28. The first-order valence-electron chi connectivity index (χ1n) is 10.5. The van der Waals surface area contributed by atoms with Crippen LogP contribution in [0.4, 0.5) is 0 Å². The van der Waals surface area contributed by atoms with E-state index < -0.39 is 12.1 Å². The Morgan fingerprint density at radius 1 is 1.14 bits per heavy atom. The monoisotopic (exact) mass is 401 g/mol. The number of nitriles is 2. The van der Waals surface area contributed by atoms with E-state index in [-0.39, 0.29) is 47.8 Å². The van der Waals surface area contributed by atoms with E-state index in [9.17, 15) is 19.6 Å². The second kappa shape index (κ2) is 10.8. The van der Waals surface area contributed by atoms with E-state index in [4.69, 9.17) is 5.26 Å². The van der Waals surface area contributed by atoms with E-state index >= 15 is 0 Å². The molecule has 29 heavy (non-hydrogen) atoms. The molecule has 8 nitrogen and oxygen atoms in total. The van der Waals surface area contributed by atoms with Crippen LogP contribution in [0.25, 0.3) is 0 Å². The molecule has 1 aliphatic heterocycles. The minimum absolute atomic E-state index is 0.0120. The Labute approximate surface area is 172 Å². The highest BCUT2D eigenvalue weighted by atomic mass is 16.2. The maximum Gasteiger partial charge on any atom is 0.243 e. The van der Waals surface area contributed by atoms with Crippen molar-refractivity contribution in [1.82, 2.24) is 16.0 Å².